The number of rotatable bonds is 5. The Hall–Kier alpha value is -0.860. The standard InChI is InChI=1S/C12H18O2/c1-3-11(14-4-2)12(13)10-8-6-5-7-9-10/h5-9,11-13H,3-4H2,1-2H3. The van der Waals surface area contributed by atoms with Crippen LogP contribution in [-0.4, -0.2) is 17.8 Å². The summed E-state index contributed by atoms with van der Waals surface area (Å²) in [6.07, 6.45) is 0.215. The maximum Gasteiger partial charge on any atom is 0.105 e. The number of hydrogen-bond acceptors (Lipinski definition) is 2. The van der Waals surface area contributed by atoms with Crippen molar-refractivity contribution in [3.8, 4) is 0 Å². The molecule has 0 saturated heterocycles. The van der Waals surface area contributed by atoms with Gasteiger partial charge in [0.1, 0.15) is 6.10 Å². The molecule has 0 radical (unpaired) electrons. The zero-order valence-electron chi connectivity index (χ0n) is 8.81. The highest BCUT2D eigenvalue weighted by atomic mass is 16.5. The van der Waals surface area contributed by atoms with Crippen molar-refractivity contribution in [1.29, 1.82) is 0 Å². The molecule has 0 bridgehead atoms. The van der Waals surface area contributed by atoms with Gasteiger partial charge in [0, 0.05) is 6.61 Å². The monoisotopic (exact) mass is 194 g/mol. The number of hydrogen-bond donors (Lipinski definition) is 1. The fraction of sp³-hybridized carbons (Fsp3) is 0.500. The summed E-state index contributed by atoms with van der Waals surface area (Å²) >= 11 is 0. The number of ether oxygens (including phenoxy) is 1. The molecule has 0 aliphatic carbocycles. The topological polar surface area (TPSA) is 29.5 Å². The summed E-state index contributed by atoms with van der Waals surface area (Å²) in [5.41, 5.74) is 0.924. The first-order chi connectivity index (χ1) is 6.79. The van der Waals surface area contributed by atoms with Crippen LogP contribution in [-0.2, 0) is 4.74 Å². The maximum absolute atomic E-state index is 9.99. The summed E-state index contributed by atoms with van der Waals surface area (Å²) in [6.45, 7) is 4.61. The Labute approximate surface area is 85.5 Å². The fourth-order valence-electron chi connectivity index (χ4n) is 1.51. The third kappa shape index (κ3) is 2.82. The second-order valence-corrected chi connectivity index (χ2v) is 3.26. The van der Waals surface area contributed by atoms with E-state index < -0.39 is 6.10 Å². The average Bonchev–Trinajstić information content (AvgIpc) is 2.26. The number of benzene rings is 1. The molecule has 2 nitrogen and oxygen atoms in total. The van der Waals surface area contributed by atoms with Gasteiger partial charge in [-0.3, -0.25) is 0 Å². The second kappa shape index (κ2) is 5.78. The van der Waals surface area contributed by atoms with Gasteiger partial charge in [-0.25, -0.2) is 0 Å². The maximum atomic E-state index is 9.99. The normalized spacial score (nSPS) is 15.1. The van der Waals surface area contributed by atoms with Crippen LogP contribution in [0.2, 0.25) is 0 Å². The molecule has 1 aromatic rings. The van der Waals surface area contributed by atoms with Crippen molar-refractivity contribution in [1.82, 2.24) is 0 Å². The van der Waals surface area contributed by atoms with Crippen LogP contribution in [0.4, 0.5) is 0 Å². The zero-order chi connectivity index (χ0) is 10.4. The first-order valence-corrected chi connectivity index (χ1v) is 5.14. The van der Waals surface area contributed by atoms with Crippen LogP contribution in [0.3, 0.4) is 0 Å². The highest BCUT2D eigenvalue weighted by molar-refractivity contribution is 5.18. The summed E-state index contributed by atoms with van der Waals surface area (Å²) in [5.74, 6) is 0. The molecule has 1 N–H and O–H groups in total. The smallest absolute Gasteiger partial charge is 0.105 e. The molecule has 2 heteroatoms. The molecular weight excluding hydrogens is 176 g/mol. The predicted octanol–water partition coefficient (Wildman–Crippen LogP) is 2.54. The first-order valence-electron chi connectivity index (χ1n) is 5.14. The molecule has 0 saturated carbocycles. The minimum absolute atomic E-state index is 0.0950. The molecule has 2 atom stereocenters. The van der Waals surface area contributed by atoms with Gasteiger partial charge >= 0.3 is 0 Å². The SMILES string of the molecule is CCOC(CC)C(O)c1ccccc1. The summed E-state index contributed by atoms with van der Waals surface area (Å²) in [4.78, 5) is 0. The molecule has 0 spiro atoms. The Morgan fingerprint density at radius 1 is 1.21 bits per heavy atom. The summed E-state index contributed by atoms with van der Waals surface area (Å²) in [6, 6.07) is 9.64. The molecule has 0 aromatic heterocycles. The van der Waals surface area contributed by atoms with Gasteiger partial charge in [0.15, 0.2) is 0 Å². The van der Waals surface area contributed by atoms with Gasteiger partial charge in [-0.05, 0) is 18.9 Å². The first kappa shape index (κ1) is 11.2. The summed E-state index contributed by atoms with van der Waals surface area (Å²) < 4.78 is 5.46. The molecule has 0 aliphatic heterocycles. The Morgan fingerprint density at radius 2 is 1.86 bits per heavy atom. The van der Waals surface area contributed by atoms with E-state index in [2.05, 4.69) is 0 Å². The van der Waals surface area contributed by atoms with Crippen LogP contribution in [0, 0.1) is 0 Å². The minimum atomic E-state index is -0.513. The van der Waals surface area contributed by atoms with E-state index in [0.717, 1.165) is 12.0 Å². The van der Waals surface area contributed by atoms with E-state index in [9.17, 15) is 5.11 Å². The lowest BCUT2D eigenvalue weighted by molar-refractivity contribution is -0.0355. The number of aliphatic hydroxyl groups excluding tert-OH is 1. The van der Waals surface area contributed by atoms with Gasteiger partial charge in [0.05, 0.1) is 6.10 Å². The van der Waals surface area contributed by atoms with E-state index in [1.54, 1.807) is 0 Å². The Kier molecular flexibility index (Phi) is 4.63. The summed E-state index contributed by atoms with van der Waals surface area (Å²) in [5, 5.41) is 9.99. The minimum Gasteiger partial charge on any atom is -0.386 e. The van der Waals surface area contributed by atoms with Crippen molar-refractivity contribution in [3.05, 3.63) is 35.9 Å². The molecular formula is C12H18O2. The average molecular weight is 194 g/mol. The van der Waals surface area contributed by atoms with Gasteiger partial charge in [-0.15, -0.1) is 0 Å². The van der Waals surface area contributed by atoms with E-state index in [0.29, 0.717) is 6.61 Å². The Bertz CT molecular complexity index is 246. The molecule has 1 rings (SSSR count). The van der Waals surface area contributed by atoms with E-state index in [4.69, 9.17) is 4.74 Å². The second-order valence-electron chi connectivity index (χ2n) is 3.26. The highest BCUT2D eigenvalue weighted by Crippen LogP contribution is 2.20. The van der Waals surface area contributed by atoms with Crippen LogP contribution in [0.1, 0.15) is 31.9 Å². The third-order valence-electron chi connectivity index (χ3n) is 2.28. The largest absolute Gasteiger partial charge is 0.386 e. The quantitative estimate of drug-likeness (QED) is 0.780. The van der Waals surface area contributed by atoms with Gasteiger partial charge in [-0.2, -0.15) is 0 Å². The fourth-order valence-corrected chi connectivity index (χ4v) is 1.51. The van der Waals surface area contributed by atoms with Crippen LogP contribution in [0.15, 0.2) is 30.3 Å². The highest BCUT2D eigenvalue weighted by Gasteiger charge is 2.18. The lowest BCUT2D eigenvalue weighted by atomic mass is 10.0. The van der Waals surface area contributed by atoms with E-state index in [1.807, 2.05) is 44.2 Å². The van der Waals surface area contributed by atoms with E-state index in [-0.39, 0.29) is 6.10 Å². The van der Waals surface area contributed by atoms with Gasteiger partial charge in [0.25, 0.3) is 0 Å². The van der Waals surface area contributed by atoms with Gasteiger partial charge < -0.3 is 9.84 Å². The van der Waals surface area contributed by atoms with Crippen molar-refractivity contribution < 1.29 is 9.84 Å². The van der Waals surface area contributed by atoms with Crippen LogP contribution in [0.5, 0.6) is 0 Å². The van der Waals surface area contributed by atoms with Crippen molar-refractivity contribution in [2.75, 3.05) is 6.61 Å². The Morgan fingerprint density at radius 3 is 2.36 bits per heavy atom. The van der Waals surface area contributed by atoms with Crippen molar-refractivity contribution in [3.63, 3.8) is 0 Å². The lowest BCUT2D eigenvalue weighted by Crippen LogP contribution is -2.21. The predicted molar refractivity (Wildman–Crippen MR) is 57.1 cm³/mol. The van der Waals surface area contributed by atoms with Crippen LogP contribution >= 0.6 is 0 Å². The lowest BCUT2D eigenvalue weighted by Gasteiger charge is -2.21. The Balaban J connectivity index is 2.67. The van der Waals surface area contributed by atoms with Crippen LogP contribution in [0.25, 0.3) is 0 Å². The molecule has 1 aromatic carbocycles. The van der Waals surface area contributed by atoms with Crippen molar-refractivity contribution >= 4 is 0 Å². The molecule has 0 aliphatic rings. The molecule has 78 valence electrons. The van der Waals surface area contributed by atoms with Gasteiger partial charge in [-0.1, -0.05) is 37.3 Å². The zero-order valence-corrected chi connectivity index (χ0v) is 8.81. The molecule has 0 fully saturated rings. The third-order valence-corrected chi connectivity index (χ3v) is 2.28. The van der Waals surface area contributed by atoms with Crippen molar-refractivity contribution in [2.24, 2.45) is 0 Å². The molecule has 14 heavy (non-hydrogen) atoms. The molecule has 0 heterocycles. The van der Waals surface area contributed by atoms with Crippen LogP contribution < -0.4 is 0 Å². The van der Waals surface area contributed by atoms with E-state index in [1.165, 1.54) is 0 Å². The summed E-state index contributed by atoms with van der Waals surface area (Å²) in [7, 11) is 0. The van der Waals surface area contributed by atoms with Crippen molar-refractivity contribution in [2.45, 2.75) is 32.5 Å². The van der Waals surface area contributed by atoms with E-state index >= 15 is 0 Å². The number of aliphatic hydroxyl groups is 1. The molecule has 0 amide bonds. The molecule has 2 unspecified atom stereocenters. The van der Waals surface area contributed by atoms with Gasteiger partial charge in [0.2, 0.25) is 0 Å².